The molecule has 0 aliphatic carbocycles. The van der Waals surface area contributed by atoms with E-state index in [1.165, 1.54) is 17.8 Å². The summed E-state index contributed by atoms with van der Waals surface area (Å²) in [5.74, 6) is -0.174. The molecule has 0 atom stereocenters. The van der Waals surface area contributed by atoms with Crippen LogP contribution in [0.2, 0.25) is 0 Å². The molecule has 0 aliphatic rings. The number of carbonyl (C=O) groups excluding carboxylic acids is 2. The van der Waals surface area contributed by atoms with Crippen LogP contribution < -0.4 is 16.2 Å². The topological polar surface area (TPSA) is 70.2 Å². The number of urea groups is 1. The van der Waals surface area contributed by atoms with Crippen molar-refractivity contribution in [2.24, 2.45) is 0 Å². The minimum absolute atomic E-state index is 0.189. The molecule has 0 aliphatic heterocycles. The first-order valence-corrected chi connectivity index (χ1v) is 7.82. The number of halogens is 1. The van der Waals surface area contributed by atoms with Gasteiger partial charge in [-0.1, -0.05) is 25.5 Å². The molecule has 0 radical (unpaired) electrons. The van der Waals surface area contributed by atoms with Gasteiger partial charge in [0.05, 0.1) is 0 Å². The third-order valence-electron chi connectivity index (χ3n) is 2.55. The number of hydrazine groups is 1. The highest BCUT2D eigenvalue weighted by molar-refractivity contribution is 7.99. The number of amides is 3. The van der Waals surface area contributed by atoms with Crippen LogP contribution in [0, 0.1) is 5.82 Å². The second-order valence-corrected chi connectivity index (χ2v) is 5.45. The Balaban J connectivity index is 2.14. The lowest BCUT2D eigenvalue weighted by Crippen LogP contribution is -2.47. The van der Waals surface area contributed by atoms with Gasteiger partial charge in [0.1, 0.15) is 5.82 Å². The first-order valence-electron chi connectivity index (χ1n) is 6.83. The van der Waals surface area contributed by atoms with Gasteiger partial charge in [-0.15, -0.1) is 11.8 Å². The van der Waals surface area contributed by atoms with Crippen molar-refractivity contribution >= 4 is 23.7 Å². The summed E-state index contributed by atoms with van der Waals surface area (Å²) in [4.78, 5) is 23.3. The average Bonchev–Trinajstić information content (AvgIpc) is 2.47. The maximum Gasteiger partial charge on any atom is 0.333 e. The molecular weight excluding hydrogens is 293 g/mol. The fourth-order valence-electron chi connectivity index (χ4n) is 1.43. The Bertz CT molecular complexity index is 471. The monoisotopic (exact) mass is 313 g/mol. The van der Waals surface area contributed by atoms with E-state index in [2.05, 4.69) is 16.2 Å². The molecule has 0 heterocycles. The van der Waals surface area contributed by atoms with E-state index in [0.29, 0.717) is 17.2 Å². The second kappa shape index (κ2) is 10.0. The van der Waals surface area contributed by atoms with Crippen molar-refractivity contribution in [3.8, 4) is 0 Å². The quantitative estimate of drug-likeness (QED) is 0.411. The molecule has 5 nitrogen and oxygen atoms in total. The highest BCUT2D eigenvalue weighted by Crippen LogP contribution is 2.21. The summed E-state index contributed by atoms with van der Waals surface area (Å²) in [6.07, 6.45) is 2.06. The first-order chi connectivity index (χ1) is 10.1. The summed E-state index contributed by atoms with van der Waals surface area (Å²) in [7, 11) is 0. The molecule has 1 aromatic carbocycles. The van der Waals surface area contributed by atoms with Crippen molar-refractivity contribution in [2.45, 2.75) is 31.1 Å². The Kier molecular flexibility index (Phi) is 8.27. The van der Waals surface area contributed by atoms with Gasteiger partial charge in [0, 0.05) is 23.6 Å². The van der Waals surface area contributed by atoms with Gasteiger partial charge in [0.15, 0.2) is 0 Å². The Hall–Kier alpha value is -1.76. The van der Waals surface area contributed by atoms with Crippen molar-refractivity contribution < 1.29 is 14.0 Å². The Morgan fingerprint density at radius 3 is 2.71 bits per heavy atom. The Morgan fingerprint density at radius 1 is 1.24 bits per heavy atom. The Morgan fingerprint density at radius 2 is 2.00 bits per heavy atom. The highest BCUT2D eigenvalue weighted by Gasteiger charge is 2.06. The maximum atomic E-state index is 13.3. The zero-order valence-electron chi connectivity index (χ0n) is 11.9. The number of rotatable bonds is 7. The van der Waals surface area contributed by atoms with E-state index in [1.54, 1.807) is 18.2 Å². The van der Waals surface area contributed by atoms with Crippen LogP contribution in [0.5, 0.6) is 0 Å². The standard InChI is InChI=1S/C14H20FN3O2S/c1-2-3-9-16-14(20)18-17-13(19)8-10-21-12-7-5-4-6-11(12)15/h4-7H,2-3,8-10H2,1H3,(H,17,19)(H2,16,18,20). The predicted molar refractivity (Wildman–Crippen MR) is 81.3 cm³/mol. The van der Waals surface area contributed by atoms with Crippen molar-refractivity contribution in [1.82, 2.24) is 16.2 Å². The number of hydrogen-bond donors (Lipinski definition) is 3. The SMILES string of the molecule is CCCCNC(=O)NNC(=O)CCSc1ccccc1F. The fourth-order valence-corrected chi connectivity index (χ4v) is 2.32. The van der Waals surface area contributed by atoms with Crippen LogP contribution in [-0.4, -0.2) is 24.2 Å². The van der Waals surface area contributed by atoms with Crippen LogP contribution in [0.3, 0.4) is 0 Å². The summed E-state index contributed by atoms with van der Waals surface area (Å²) >= 11 is 1.26. The molecule has 0 fully saturated rings. The molecule has 0 saturated carbocycles. The van der Waals surface area contributed by atoms with Gasteiger partial charge >= 0.3 is 6.03 Å². The number of carbonyl (C=O) groups is 2. The van der Waals surface area contributed by atoms with E-state index in [0.717, 1.165) is 12.8 Å². The molecule has 1 aromatic rings. The van der Waals surface area contributed by atoms with Gasteiger partial charge in [-0.2, -0.15) is 0 Å². The van der Waals surface area contributed by atoms with Crippen LogP contribution in [0.15, 0.2) is 29.2 Å². The molecule has 0 unspecified atom stereocenters. The zero-order chi connectivity index (χ0) is 15.5. The van der Waals surface area contributed by atoms with Gasteiger partial charge in [0.25, 0.3) is 0 Å². The van der Waals surface area contributed by atoms with Crippen molar-refractivity contribution in [3.05, 3.63) is 30.1 Å². The van der Waals surface area contributed by atoms with Gasteiger partial charge in [0.2, 0.25) is 5.91 Å². The number of benzene rings is 1. The molecular formula is C14H20FN3O2S. The van der Waals surface area contributed by atoms with E-state index in [4.69, 9.17) is 0 Å². The predicted octanol–water partition coefficient (Wildman–Crippen LogP) is 2.44. The highest BCUT2D eigenvalue weighted by atomic mass is 32.2. The second-order valence-electron chi connectivity index (χ2n) is 4.31. The van der Waals surface area contributed by atoms with Crippen LogP contribution in [-0.2, 0) is 4.79 Å². The van der Waals surface area contributed by atoms with Gasteiger partial charge in [-0.25, -0.2) is 14.6 Å². The number of nitrogens with one attached hydrogen (secondary N) is 3. The molecule has 0 aromatic heterocycles. The summed E-state index contributed by atoms with van der Waals surface area (Å²) in [5, 5.41) is 2.61. The van der Waals surface area contributed by atoms with Crippen LogP contribution in [0.1, 0.15) is 26.2 Å². The van der Waals surface area contributed by atoms with Crippen LogP contribution in [0.25, 0.3) is 0 Å². The Labute approximate surface area is 128 Å². The lowest BCUT2D eigenvalue weighted by atomic mass is 10.3. The van der Waals surface area contributed by atoms with E-state index in [9.17, 15) is 14.0 Å². The van der Waals surface area contributed by atoms with Crippen LogP contribution in [0.4, 0.5) is 9.18 Å². The third-order valence-corrected chi connectivity index (χ3v) is 3.61. The zero-order valence-corrected chi connectivity index (χ0v) is 12.8. The summed E-state index contributed by atoms with van der Waals surface area (Å²) < 4.78 is 13.3. The van der Waals surface area contributed by atoms with Gasteiger partial charge in [-0.05, 0) is 18.6 Å². The molecule has 0 saturated heterocycles. The van der Waals surface area contributed by atoms with Gasteiger partial charge in [-0.3, -0.25) is 10.2 Å². The van der Waals surface area contributed by atoms with E-state index >= 15 is 0 Å². The summed E-state index contributed by atoms with van der Waals surface area (Å²) in [6, 6.07) is 5.97. The first kappa shape index (κ1) is 17.3. The molecule has 1 rings (SSSR count). The molecule has 0 spiro atoms. The van der Waals surface area contributed by atoms with E-state index in [1.807, 2.05) is 6.92 Å². The lowest BCUT2D eigenvalue weighted by Gasteiger charge is -2.08. The van der Waals surface area contributed by atoms with Crippen molar-refractivity contribution in [3.63, 3.8) is 0 Å². The fraction of sp³-hybridized carbons (Fsp3) is 0.429. The molecule has 0 bridgehead atoms. The summed E-state index contributed by atoms with van der Waals surface area (Å²) in [6.45, 7) is 2.59. The molecule has 116 valence electrons. The largest absolute Gasteiger partial charge is 0.337 e. The molecule has 3 N–H and O–H groups in total. The van der Waals surface area contributed by atoms with Crippen LogP contribution >= 0.6 is 11.8 Å². The molecule has 3 amide bonds. The summed E-state index contributed by atoms with van der Waals surface area (Å²) in [5.41, 5.74) is 4.57. The van der Waals surface area contributed by atoms with Crippen molar-refractivity contribution in [1.29, 1.82) is 0 Å². The number of thioether (sulfide) groups is 1. The maximum absolute atomic E-state index is 13.3. The number of unbranched alkanes of at least 4 members (excludes halogenated alkanes) is 1. The van der Waals surface area contributed by atoms with E-state index in [-0.39, 0.29) is 18.1 Å². The minimum atomic E-state index is -0.432. The lowest BCUT2D eigenvalue weighted by molar-refractivity contribution is -0.121. The molecule has 21 heavy (non-hydrogen) atoms. The number of hydrogen-bond acceptors (Lipinski definition) is 3. The third kappa shape index (κ3) is 7.55. The van der Waals surface area contributed by atoms with E-state index < -0.39 is 6.03 Å². The minimum Gasteiger partial charge on any atom is -0.337 e. The van der Waals surface area contributed by atoms with Crippen molar-refractivity contribution in [2.75, 3.05) is 12.3 Å². The smallest absolute Gasteiger partial charge is 0.333 e. The average molecular weight is 313 g/mol. The van der Waals surface area contributed by atoms with Gasteiger partial charge < -0.3 is 5.32 Å². The normalized spacial score (nSPS) is 10.0. The molecule has 7 heteroatoms.